The third kappa shape index (κ3) is 2.93. The molecule has 1 saturated heterocycles. The van der Waals surface area contributed by atoms with E-state index in [-0.39, 0.29) is 0 Å². The second-order valence-corrected chi connectivity index (χ2v) is 5.53. The Morgan fingerprint density at radius 2 is 2.41 bits per heavy atom. The molecule has 2 atom stereocenters. The highest BCUT2D eigenvalue weighted by Gasteiger charge is 2.25. The molecular formula is C13H16N2OS. The molecule has 2 unspecified atom stereocenters. The summed E-state index contributed by atoms with van der Waals surface area (Å²) >= 11 is 1.82. The van der Waals surface area contributed by atoms with Crippen LogP contribution in [0.1, 0.15) is 18.9 Å². The molecule has 1 aromatic rings. The van der Waals surface area contributed by atoms with Gasteiger partial charge in [0.15, 0.2) is 0 Å². The number of nitrogen functional groups attached to an aromatic ring is 1. The van der Waals surface area contributed by atoms with Crippen LogP contribution in [0.25, 0.3) is 0 Å². The Hall–Kier alpha value is -1.18. The van der Waals surface area contributed by atoms with Crippen molar-refractivity contribution in [1.29, 1.82) is 5.26 Å². The second kappa shape index (κ2) is 5.44. The van der Waals surface area contributed by atoms with Crippen molar-refractivity contribution in [2.75, 3.05) is 12.3 Å². The summed E-state index contributed by atoms with van der Waals surface area (Å²) in [6.07, 6.45) is 1.76. The third-order valence-electron chi connectivity index (χ3n) is 2.98. The van der Waals surface area contributed by atoms with E-state index >= 15 is 0 Å². The Kier molecular flexibility index (Phi) is 3.93. The molecular weight excluding hydrogens is 232 g/mol. The average Bonchev–Trinajstić information content (AvgIpc) is 2.70. The van der Waals surface area contributed by atoms with E-state index in [0.717, 1.165) is 18.6 Å². The molecule has 1 heterocycles. The zero-order chi connectivity index (χ0) is 12.3. The fourth-order valence-corrected chi connectivity index (χ4v) is 3.13. The van der Waals surface area contributed by atoms with Gasteiger partial charge in [-0.3, -0.25) is 0 Å². The molecule has 1 aromatic carbocycles. The van der Waals surface area contributed by atoms with Gasteiger partial charge in [0.1, 0.15) is 0 Å². The number of rotatable bonds is 3. The van der Waals surface area contributed by atoms with Crippen LogP contribution in [-0.4, -0.2) is 18.0 Å². The lowest BCUT2D eigenvalue weighted by atomic mass is 10.1. The van der Waals surface area contributed by atoms with Gasteiger partial charge in [-0.15, -0.1) is 11.8 Å². The van der Waals surface area contributed by atoms with Gasteiger partial charge in [-0.1, -0.05) is 0 Å². The summed E-state index contributed by atoms with van der Waals surface area (Å²) in [6.45, 7) is 2.96. The molecule has 1 aliphatic heterocycles. The van der Waals surface area contributed by atoms with Gasteiger partial charge in [-0.2, -0.15) is 5.26 Å². The largest absolute Gasteiger partial charge is 0.398 e. The normalized spacial score (nSPS) is 23.5. The molecule has 2 rings (SSSR count). The minimum absolute atomic E-state index is 0.303. The monoisotopic (exact) mass is 248 g/mol. The molecule has 90 valence electrons. The van der Waals surface area contributed by atoms with Crippen LogP contribution in [0, 0.1) is 11.3 Å². The first-order valence-electron chi connectivity index (χ1n) is 5.74. The minimum atomic E-state index is 0.303. The Balaban J connectivity index is 2.11. The number of hydrogen-bond acceptors (Lipinski definition) is 4. The smallest absolute Gasteiger partial charge is 0.0670 e. The van der Waals surface area contributed by atoms with Crippen LogP contribution in [0.3, 0.4) is 0 Å². The number of ether oxygens (including phenoxy) is 1. The van der Waals surface area contributed by atoms with Gasteiger partial charge < -0.3 is 10.5 Å². The lowest BCUT2D eigenvalue weighted by molar-refractivity contribution is 0.127. The van der Waals surface area contributed by atoms with Gasteiger partial charge in [-0.05, 0) is 37.1 Å². The van der Waals surface area contributed by atoms with E-state index in [0.29, 0.717) is 23.5 Å². The summed E-state index contributed by atoms with van der Waals surface area (Å²) in [5, 5.41) is 9.24. The maximum Gasteiger partial charge on any atom is 0.0670 e. The summed E-state index contributed by atoms with van der Waals surface area (Å²) in [5.74, 6) is 0. The number of nitrogens with two attached hydrogens (primary N) is 1. The number of anilines is 1. The van der Waals surface area contributed by atoms with Crippen LogP contribution in [-0.2, 0) is 11.2 Å². The van der Waals surface area contributed by atoms with Crippen LogP contribution in [0.15, 0.2) is 23.1 Å². The number of nitriles is 1. The van der Waals surface area contributed by atoms with Crippen molar-refractivity contribution in [3.05, 3.63) is 23.8 Å². The highest BCUT2D eigenvalue weighted by molar-refractivity contribution is 8.00. The van der Waals surface area contributed by atoms with Crippen molar-refractivity contribution in [2.45, 2.75) is 36.0 Å². The van der Waals surface area contributed by atoms with E-state index in [1.807, 2.05) is 30.0 Å². The van der Waals surface area contributed by atoms with E-state index in [9.17, 15) is 0 Å². The maximum atomic E-state index is 8.73. The molecule has 1 aliphatic rings. The first-order chi connectivity index (χ1) is 8.20. The summed E-state index contributed by atoms with van der Waals surface area (Å²) in [4.78, 5) is 1.17. The second-order valence-electron chi connectivity index (χ2n) is 4.22. The van der Waals surface area contributed by atoms with Crippen molar-refractivity contribution in [3.63, 3.8) is 0 Å². The zero-order valence-electron chi connectivity index (χ0n) is 9.85. The Morgan fingerprint density at radius 1 is 1.59 bits per heavy atom. The first kappa shape index (κ1) is 12.3. The Labute approximate surface area is 106 Å². The van der Waals surface area contributed by atoms with E-state index in [1.165, 1.54) is 4.90 Å². The highest BCUT2D eigenvalue weighted by Crippen LogP contribution is 2.33. The Bertz CT molecular complexity index is 442. The zero-order valence-corrected chi connectivity index (χ0v) is 10.7. The predicted octanol–water partition coefficient (Wildman–Crippen LogP) is 2.60. The molecule has 0 saturated carbocycles. The quantitative estimate of drug-likeness (QED) is 0.835. The first-order valence-corrected chi connectivity index (χ1v) is 6.62. The minimum Gasteiger partial charge on any atom is -0.398 e. The van der Waals surface area contributed by atoms with Crippen LogP contribution < -0.4 is 5.73 Å². The summed E-state index contributed by atoms with van der Waals surface area (Å²) < 4.78 is 5.54. The molecule has 1 fully saturated rings. The third-order valence-corrected chi connectivity index (χ3v) is 4.43. The molecule has 0 aliphatic carbocycles. The fourth-order valence-electron chi connectivity index (χ4n) is 1.94. The SMILES string of the molecule is CC1OCCC1Sc1ccc(N)c(CC#N)c1. The van der Waals surface area contributed by atoms with Crippen molar-refractivity contribution in [3.8, 4) is 6.07 Å². The molecule has 4 heteroatoms. The van der Waals surface area contributed by atoms with E-state index in [1.54, 1.807) is 0 Å². The maximum absolute atomic E-state index is 8.73. The van der Waals surface area contributed by atoms with Gasteiger partial charge in [0.2, 0.25) is 0 Å². The molecule has 0 radical (unpaired) electrons. The fraction of sp³-hybridized carbons (Fsp3) is 0.462. The average molecular weight is 248 g/mol. The van der Waals surface area contributed by atoms with Crippen molar-refractivity contribution < 1.29 is 4.74 Å². The standard InChI is InChI=1S/C13H16N2OS/c1-9-13(5-7-16-9)17-11-2-3-12(15)10(8-11)4-6-14/h2-3,8-9,13H,4-5,7,15H2,1H3. The molecule has 17 heavy (non-hydrogen) atoms. The molecule has 3 nitrogen and oxygen atoms in total. The van der Waals surface area contributed by atoms with E-state index < -0.39 is 0 Å². The van der Waals surface area contributed by atoms with Gasteiger partial charge in [0.05, 0.1) is 18.6 Å². The summed E-state index contributed by atoms with van der Waals surface area (Å²) in [5.41, 5.74) is 7.45. The number of nitrogens with zero attached hydrogens (tertiary/aromatic N) is 1. The topological polar surface area (TPSA) is 59.0 Å². The predicted molar refractivity (Wildman–Crippen MR) is 69.8 cm³/mol. The van der Waals surface area contributed by atoms with Crippen LogP contribution >= 0.6 is 11.8 Å². The lowest BCUT2D eigenvalue weighted by Gasteiger charge is -2.14. The van der Waals surface area contributed by atoms with Crippen molar-refractivity contribution in [1.82, 2.24) is 0 Å². The van der Waals surface area contributed by atoms with Crippen LogP contribution in [0.2, 0.25) is 0 Å². The molecule has 0 bridgehead atoms. The van der Waals surface area contributed by atoms with Gasteiger partial charge in [0.25, 0.3) is 0 Å². The van der Waals surface area contributed by atoms with Gasteiger partial charge >= 0.3 is 0 Å². The van der Waals surface area contributed by atoms with Crippen molar-refractivity contribution >= 4 is 17.4 Å². The highest BCUT2D eigenvalue weighted by atomic mass is 32.2. The molecule has 2 N–H and O–H groups in total. The molecule has 0 spiro atoms. The van der Waals surface area contributed by atoms with E-state index in [4.69, 9.17) is 15.7 Å². The van der Waals surface area contributed by atoms with Gasteiger partial charge in [0, 0.05) is 22.4 Å². The summed E-state index contributed by atoms with van der Waals surface area (Å²) in [6, 6.07) is 8.07. The van der Waals surface area contributed by atoms with E-state index in [2.05, 4.69) is 13.0 Å². The Morgan fingerprint density at radius 3 is 3.06 bits per heavy atom. The van der Waals surface area contributed by atoms with Gasteiger partial charge in [-0.25, -0.2) is 0 Å². The number of benzene rings is 1. The van der Waals surface area contributed by atoms with Crippen LogP contribution in [0.5, 0.6) is 0 Å². The number of thioether (sulfide) groups is 1. The molecule has 0 aromatic heterocycles. The summed E-state index contributed by atoms with van der Waals surface area (Å²) in [7, 11) is 0. The lowest BCUT2D eigenvalue weighted by Crippen LogP contribution is -2.13. The van der Waals surface area contributed by atoms with Crippen molar-refractivity contribution in [2.24, 2.45) is 0 Å². The molecule has 0 amide bonds. The van der Waals surface area contributed by atoms with Crippen LogP contribution in [0.4, 0.5) is 5.69 Å². The number of hydrogen-bond donors (Lipinski definition) is 1.